The lowest BCUT2D eigenvalue weighted by Crippen LogP contribution is -2.55. The Morgan fingerprint density at radius 1 is 0.932 bits per heavy atom. The van der Waals surface area contributed by atoms with Crippen molar-refractivity contribution >= 4 is 23.3 Å². The zero-order valence-electron chi connectivity index (χ0n) is 25.2. The molecule has 0 aromatic heterocycles. The Morgan fingerprint density at radius 3 is 2.11 bits per heavy atom. The highest BCUT2D eigenvalue weighted by Gasteiger charge is 2.58. The summed E-state index contributed by atoms with van der Waals surface area (Å²) in [5.41, 5.74) is 1.67. The third-order valence-corrected chi connectivity index (χ3v) is 8.53. The number of likely N-dealkylation sites (tertiary alicyclic amines) is 1. The summed E-state index contributed by atoms with van der Waals surface area (Å²) < 4.78 is 5.39. The summed E-state index contributed by atoms with van der Waals surface area (Å²) in [5.74, 6) is -1.62. The number of non-ortho nitro benzene ring substituents is 1. The predicted molar refractivity (Wildman–Crippen MR) is 165 cm³/mol. The molecule has 4 unspecified atom stereocenters. The van der Waals surface area contributed by atoms with Gasteiger partial charge < -0.3 is 19.9 Å². The first-order valence-electron chi connectivity index (χ1n) is 15.0. The van der Waals surface area contributed by atoms with Gasteiger partial charge in [-0.1, -0.05) is 68.4 Å². The molecule has 0 radical (unpaired) electrons. The Hall–Kier alpha value is -4.57. The van der Waals surface area contributed by atoms with Crippen LogP contribution in [0.15, 0.2) is 78.9 Å². The van der Waals surface area contributed by atoms with Crippen LogP contribution in [-0.4, -0.2) is 71.7 Å². The van der Waals surface area contributed by atoms with E-state index in [4.69, 9.17) is 4.74 Å². The molecule has 1 N–H and O–H groups in total. The molecular weight excluding hydrogens is 560 g/mol. The van der Waals surface area contributed by atoms with E-state index in [-0.39, 0.29) is 35.6 Å². The van der Waals surface area contributed by atoms with Gasteiger partial charge in [0.15, 0.2) is 5.78 Å². The number of nitro groups is 1. The molecule has 0 saturated carbocycles. The molecule has 10 heteroatoms. The summed E-state index contributed by atoms with van der Waals surface area (Å²) in [6, 6.07) is 20.4. The van der Waals surface area contributed by atoms with Gasteiger partial charge in [0.25, 0.3) is 5.69 Å². The maximum Gasteiger partial charge on any atom is 0.269 e. The van der Waals surface area contributed by atoms with Crippen molar-refractivity contribution in [1.82, 2.24) is 15.1 Å². The largest absolute Gasteiger partial charge is 0.497 e. The number of methoxy groups -OCH3 is 1. The Labute approximate surface area is 257 Å². The Bertz CT molecular complexity index is 1490. The van der Waals surface area contributed by atoms with Gasteiger partial charge in [0, 0.05) is 56.2 Å². The second-order valence-electron chi connectivity index (χ2n) is 11.8. The van der Waals surface area contributed by atoms with E-state index in [1.165, 1.54) is 12.1 Å². The molecule has 2 aliphatic heterocycles. The summed E-state index contributed by atoms with van der Waals surface area (Å²) in [6.45, 7) is 6.08. The highest BCUT2D eigenvalue weighted by Crippen LogP contribution is 2.52. The van der Waals surface area contributed by atoms with E-state index in [0.717, 1.165) is 0 Å². The fourth-order valence-corrected chi connectivity index (χ4v) is 6.50. The highest BCUT2D eigenvalue weighted by molar-refractivity contribution is 6.02. The van der Waals surface area contributed by atoms with Gasteiger partial charge in [-0.2, -0.15) is 0 Å². The van der Waals surface area contributed by atoms with Crippen molar-refractivity contribution in [2.45, 2.75) is 38.3 Å². The monoisotopic (exact) mass is 598 g/mol. The van der Waals surface area contributed by atoms with Crippen molar-refractivity contribution in [3.05, 3.63) is 106 Å². The molecule has 2 fully saturated rings. The molecule has 0 spiro atoms. The second-order valence-corrected chi connectivity index (χ2v) is 11.8. The number of ketones is 1. The van der Waals surface area contributed by atoms with Crippen LogP contribution in [0.1, 0.15) is 53.7 Å². The lowest BCUT2D eigenvalue weighted by Gasteiger charge is -2.36. The van der Waals surface area contributed by atoms with Crippen LogP contribution in [-0.2, 0) is 9.59 Å². The minimum absolute atomic E-state index is 0.00987. The number of rotatable bonds is 9. The van der Waals surface area contributed by atoms with E-state index in [2.05, 4.69) is 5.32 Å². The van der Waals surface area contributed by atoms with Gasteiger partial charge >= 0.3 is 0 Å². The fraction of sp³-hybridized carbons (Fsp3) is 0.382. The topological polar surface area (TPSA) is 122 Å². The number of hydrogen-bond acceptors (Lipinski definition) is 7. The minimum atomic E-state index is -0.995. The number of nitrogens with zero attached hydrogens (tertiary/aromatic N) is 3. The van der Waals surface area contributed by atoms with Gasteiger partial charge in [0.1, 0.15) is 11.8 Å². The fourth-order valence-electron chi connectivity index (χ4n) is 6.50. The zero-order chi connectivity index (χ0) is 31.4. The first kappa shape index (κ1) is 30.9. The standard InChI is InChI=1S/C34H38N4O6/c1-22(2)21-28(39)37-31(24-11-15-27(44-3)16-12-24)30(33(40)25-7-5-4-6-8-25)29(23-9-13-26(14-10-23)38(42)43)32(37)34(41)36-19-17-35-18-20-36/h4-16,22,29-32,35H,17-21H2,1-3H3. The molecule has 3 aromatic rings. The lowest BCUT2D eigenvalue weighted by atomic mass is 9.76. The molecule has 5 rings (SSSR count). The van der Waals surface area contributed by atoms with E-state index >= 15 is 0 Å². The summed E-state index contributed by atoms with van der Waals surface area (Å²) in [6.07, 6.45) is 0.192. The Balaban J connectivity index is 1.76. The SMILES string of the molecule is COc1ccc(C2C(C(=O)c3ccccc3)C(c3ccc([N+](=O)[O-])cc3)C(C(=O)N3CCNCC3)N2C(=O)CC(C)C)cc1. The number of nitrogens with one attached hydrogen (secondary N) is 1. The van der Waals surface area contributed by atoms with Gasteiger partial charge in [0.2, 0.25) is 11.8 Å². The number of Topliss-reactive ketones (excluding diaryl/α,β-unsaturated/α-hetero) is 1. The smallest absolute Gasteiger partial charge is 0.269 e. The zero-order valence-corrected chi connectivity index (χ0v) is 25.2. The average molecular weight is 599 g/mol. The highest BCUT2D eigenvalue weighted by atomic mass is 16.6. The van der Waals surface area contributed by atoms with Crippen molar-refractivity contribution in [2.24, 2.45) is 11.8 Å². The van der Waals surface area contributed by atoms with Gasteiger partial charge in [-0.15, -0.1) is 0 Å². The summed E-state index contributed by atoms with van der Waals surface area (Å²) in [5, 5.41) is 14.8. The lowest BCUT2D eigenvalue weighted by molar-refractivity contribution is -0.384. The van der Waals surface area contributed by atoms with E-state index in [0.29, 0.717) is 48.6 Å². The number of carbonyl (C=O) groups is 3. The van der Waals surface area contributed by atoms with E-state index in [9.17, 15) is 24.5 Å². The van der Waals surface area contributed by atoms with Crippen LogP contribution >= 0.6 is 0 Å². The molecule has 230 valence electrons. The predicted octanol–water partition coefficient (Wildman–Crippen LogP) is 4.62. The van der Waals surface area contributed by atoms with Crippen LogP contribution < -0.4 is 10.1 Å². The third-order valence-electron chi connectivity index (χ3n) is 8.53. The quantitative estimate of drug-likeness (QED) is 0.217. The molecule has 0 aliphatic carbocycles. The number of piperazine rings is 1. The van der Waals surface area contributed by atoms with Crippen molar-refractivity contribution in [2.75, 3.05) is 33.3 Å². The molecule has 2 saturated heterocycles. The Kier molecular flexibility index (Phi) is 9.39. The average Bonchev–Trinajstić information content (AvgIpc) is 3.41. The summed E-state index contributed by atoms with van der Waals surface area (Å²) >= 11 is 0. The van der Waals surface area contributed by atoms with Gasteiger partial charge in [-0.25, -0.2) is 0 Å². The minimum Gasteiger partial charge on any atom is -0.497 e. The van der Waals surface area contributed by atoms with Crippen molar-refractivity contribution in [3.63, 3.8) is 0 Å². The van der Waals surface area contributed by atoms with E-state index < -0.39 is 28.8 Å². The molecule has 2 aliphatic rings. The van der Waals surface area contributed by atoms with Crippen molar-refractivity contribution in [1.29, 1.82) is 0 Å². The number of nitro benzene ring substituents is 1. The summed E-state index contributed by atoms with van der Waals surface area (Å²) in [4.78, 5) is 58.0. The third kappa shape index (κ3) is 6.21. The Morgan fingerprint density at radius 2 is 1.55 bits per heavy atom. The van der Waals surface area contributed by atoms with Crippen molar-refractivity contribution in [3.8, 4) is 5.75 Å². The van der Waals surface area contributed by atoms with Crippen LogP contribution in [0.25, 0.3) is 0 Å². The van der Waals surface area contributed by atoms with E-state index in [1.807, 2.05) is 32.0 Å². The molecule has 0 bridgehead atoms. The number of ether oxygens (including phenoxy) is 1. The van der Waals surface area contributed by atoms with Gasteiger partial charge in [-0.3, -0.25) is 24.5 Å². The number of hydrogen-bond donors (Lipinski definition) is 1. The molecule has 44 heavy (non-hydrogen) atoms. The number of carbonyl (C=O) groups excluding carboxylic acids is 3. The molecule has 2 amide bonds. The van der Waals surface area contributed by atoms with Crippen LogP contribution in [0.2, 0.25) is 0 Å². The first-order chi connectivity index (χ1) is 21.2. The second kappa shape index (κ2) is 13.4. The molecule has 3 aromatic carbocycles. The molecular formula is C34H38N4O6. The molecule has 2 heterocycles. The van der Waals surface area contributed by atoms with Crippen LogP contribution in [0.5, 0.6) is 5.75 Å². The maximum absolute atomic E-state index is 14.6. The number of benzene rings is 3. The van der Waals surface area contributed by atoms with Crippen molar-refractivity contribution < 1.29 is 24.0 Å². The van der Waals surface area contributed by atoms with Crippen LogP contribution in [0.4, 0.5) is 5.69 Å². The van der Waals surface area contributed by atoms with Crippen LogP contribution in [0.3, 0.4) is 0 Å². The molecule has 4 atom stereocenters. The first-order valence-corrected chi connectivity index (χ1v) is 15.0. The maximum atomic E-state index is 14.6. The van der Waals surface area contributed by atoms with Crippen LogP contribution in [0, 0.1) is 22.0 Å². The van der Waals surface area contributed by atoms with Gasteiger partial charge in [-0.05, 0) is 29.2 Å². The normalized spacial score (nSPS) is 21.7. The van der Waals surface area contributed by atoms with E-state index in [1.54, 1.807) is 65.4 Å². The van der Waals surface area contributed by atoms with Gasteiger partial charge in [0.05, 0.1) is 24.0 Å². The number of amides is 2. The molecule has 10 nitrogen and oxygen atoms in total. The summed E-state index contributed by atoms with van der Waals surface area (Å²) in [7, 11) is 1.57.